The molecule has 0 atom stereocenters. The van der Waals surface area contributed by atoms with Crippen molar-refractivity contribution in [2.75, 3.05) is 0 Å². The summed E-state index contributed by atoms with van der Waals surface area (Å²) in [4.78, 5) is 3.90. The molecule has 0 saturated heterocycles. The van der Waals surface area contributed by atoms with Crippen LogP contribution in [0.4, 0.5) is 4.39 Å². The Labute approximate surface area is 81.0 Å². The molecule has 0 aliphatic carbocycles. The van der Waals surface area contributed by atoms with Gasteiger partial charge in [-0.3, -0.25) is 0 Å². The Bertz CT molecular complexity index is 417. The van der Waals surface area contributed by atoms with Crippen LogP contribution in [0, 0.1) is 11.9 Å². The summed E-state index contributed by atoms with van der Waals surface area (Å²) in [7, 11) is 0. The number of ether oxygens (including phenoxy) is 1. The van der Waals surface area contributed by atoms with Gasteiger partial charge in [-0.1, -0.05) is 6.07 Å². The van der Waals surface area contributed by atoms with Crippen LogP contribution in [0.15, 0.2) is 42.6 Å². The normalized spacial score (nSPS) is 9.79. The number of pyridine rings is 1. The molecule has 3 heteroatoms. The van der Waals surface area contributed by atoms with Crippen molar-refractivity contribution in [3.8, 4) is 11.6 Å². The lowest BCUT2D eigenvalue weighted by Gasteiger charge is -2.02. The van der Waals surface area contributed by atoms with Crippen molar-refractivity contribution in [2.45, 2.75) is 0 Å². The highest BCUT2D eigenvalue weighted by molar-refractivity contribution is 5.26. The van der Waals surface area contributed by atoms with E-state index in [-0.39, 0.29) is 5.82 Å². The van der Waals surface area contributed by atoms with Crippen molar-refractivity contribution in [1.29, 1.82) is 0 Å². The van der Waals surface area contributed by atoms with E-state index in [4.69, 9.17) is 4.74 Å². The smallest absolute Gasteiger partial charge is 0.219 e. The first-order chi connectivity index (χ1) is 6.84. The molecule has 0 N–H and O–H groups in total. The fraction of sp³-hybridized carbons (Fsp3) is 0. The predicted octanol–water partition coefficient (Wildman–Crippen LogP) is 2.81. The summed E-state index contributed by atoms with van der Waals surface area (Å²) in [6.07, 6.45) is 1.49. The third-order valence-corrected chi connectivity index (χ3v) is 1.61. The van der Waals surface area contributed by atoms with Crippen molar-refractivity contribution in [3.63, 3.8) is 0 Å². The summed E-state index contributed by atoms with van der Waals surface area (Å²) in [5.74, 6) is 0.531. The molecule has 1 aromatic carbocycles. The fourth-order valence-corrected chi connectivity index (χ4v) is 1.02. The second kappa shape index (κ2) is 3.87. The first-order valence-corrected chi connectivity index (χ1v) is 4.10. The molecule has 1 heterocycles. The number of benzene rings is 1. The summed E-state index contributed by atoms with van der Waals surface area (Å²) >= 11 is 0. The Kier molecular flexibility index (Phi) is 2.40. The number of hydrogen-bond acceptors (Lipinski definition) is 2. The minimum Gasteiger partial charge on any atom is -0.439 e. The number of aromatic nitrogens is 1. The van der Waals surface area contributed by atoms with Crippen molar-refractivity contribution in [1.82, 2.24) is 4.98 Å². The standard InChI is InChI=1S/C11H7FNO/c12-9-4-3-5-10(8-9)14-11-6-1-2-7-13-11/h1,3-8H. The first-order valence-electron chi connectivity index (χ1n) is 4.10. The van der Waals surface area contributed by atoms with Crippen LogP contribution in [0.25, 0.3) is 0 Å². The summed E-state index contributed by atoms with van der Waals surface area (Å²) < 4.78 is 18.1. The molecule has 2 aromatic rings. The summed E-state index contributed by atoms with van der Waals surface area (Å²) in [5.41, 5.74) is 0. The molecule has 0 aliphatic rings. The van der Waals surface area contributed by atoms with Gasteiger partial charge in [0.25, 0.3) is 0 Å². The van der Waals surface area contributed by atoms with Crippen LogP contribution in [-0.2, 0) is 0 Å². The lowest BCUT2D eigenvalue weighted by atomic mass is 10.3. The quantitative estimate of drug-likeness (QED) is 0.722. The fourth-order valence-electron chi connectivity index (χ4n) is 1.02. The van der Waals surface area contributed by atoms with Crippen LogP contribution in [0.1, 0.15) is 0 Å². The Morgan fingerprint density at radius 3 is 2.93 bits per heavy atom. The topological polar surface area (TPSA) is 22.1 Å². The van der Waals surface area contributed by atoms with Gasteiger partial charge in [-0.2, -0.15) is 0 Å². The van der Waals surface area contributed by atoms with Gasteiger partial charge < -0.3 is 4.74 Å². The Morgan fingerprint density at radius 2 is 2.21 bits per heavy atom. The van der Waals surface area contributed by atoms with Gasteiger partial charge in [0.1, 0.15) is 11.6 Å². The van der Waals surface area contributed by atoms with E-state index in [0.29, 0.717) is 11.6 Å². The number of rotatable bonds is 2. The minimum atomic E-state index is -0.329. The molecule has 69 valence electrons. The van der Waals surface area contributed by atoms with Gasteiger partial charge >= 0.3 is 0 Å². The third-order valence-electron chi connectivity index (χ3n) is 1.61. The van der Waals surface area contributed by atoms with Crippen LogP contribution in [-0.4, -0.2) is 4.98 Å². The molecule has 0 fully saturated rings. The number of halogens is 1. The predicted molar refractivity (Wildman–Crippen MR) is 49.5 cm³/mol. The summed E-state index contributed by atoms with van der Waals surface area (Å²) in [6, 6.07) is 12.0. The number of hydrogen-bond donors (Lipinski definition) is 0. The van der Waals surface area contributed by atoms with Crippen LogP contribution in [0.2, 0.25) is 0 Å². The van der Waals surface area contributed by atoms with Gasteiger partial charge in [-0.15, -0.1) is 0 Å². The van der Waals surface area contributed by atoms with Crippen LogP contribution >= 0.6 is 0 Å². The van der Waals surface area contributed by atoms with E-state index in [1.807, 2.05) is 0 Å². The van der Waals surface area contributed by atoms with E-state index in [1.54, 1.807) is 24.3 Å². The zero-order chi connectivity index (χ0) is 9.80. The molecule has 1 radical (unpaired) electrons. The monoisotopic (exact) mass is 188 g/mol. The highest BCUT2D eigenvalue weighted by atomic mass is 19.1. The summed E-state index contributed by atoms with van der Waals surface area (Å²) in [6.45, 7) is 0. The molecular formula is C11H7FNO. The largest absolute Gasteiger partial charge is 0.439 e. The number of nitrogens with zero attached hydrogens (tertiary/aromatic N) is 1. The lowest BCUT2D eigenvalue weighted by molar-refractivity contribution is 0.458. The molecule has 0 bridgehead atoms. The highest BCUT2D eigenvalue weighted by Gasteiger charge is 1.97. The average molecular weight is 188 g/mol. The van der Waals surface area contributed by atoms with Crippen LogP contribution < -0.4 is 4.74 Å². The molecule has 0 amide bonds. The molecule has 14 heavy (non-hydrogen) atoms. The molecule has 0 unspecified atom stereocenters. The van der Waals surface area contributed by atoms with Gasteiger partial charge in [-0.25, -0.2) is 9.37 Å². The van der Waals surface area contributed by atoms with Crippen LogP contribution in [0.5, 0.6) is 11.6 Å². The Morgan fingerprint density at radius 1 is 1.29 bits per heavy atom. The van der Waals surface area contributed by atoms with E-state index in [0.717, 1.165) is 0 Å². The van der Waals surface area contributed by atoms with E-state index >= 15 is 0 Å². The lowest BCUT2D eigenvalue weighted by Crippen LogP contribution is -1.86. The SMILES string of the molecule is Fc1cccc(Oc2cc[c]cn2)c1. The second-order valence-electron chi connectivity index (χ2n) is 2.66. The molecule has 0 saturated carbocycles. The molecule has 1 aromatic heterocycles. The van der Waals surface area contributed by atoms with Gasteiger partial charge in [0.15, 0.2) is 0 Å². The first kappa shape index (κ1) is 8.69. The van der Waals surface area contributed by atoms with Crippen molar-refractivity contribution in [2.24, 2.45) is 0 Å². The second-order valence-corrected chi connectivity index (χ2v) is 2.66. The molecule has 0 spiro atoms. The maximum atomic E-state index is 12.8. The van der Waals surface area contributed by atoms with E-state index in [2.05, 4.69) is 11.1 Å². The van der Waals surface area contributed by atoms with Crippen molar-refractivity contribution < 1.29 is 9.13 Å². The minimum absolute atomic E-state index is 0.329. The molecule has 2 nitrogen and oxygen atoms in total. The summed E-state index contributed by atoms with van der Waals surface area (Å²) in [5, 5.41) is 0. The van der Waals surface area contributed by atoms with Crippen molar-refractivity contribution >= 4 is 0 Å². The zero-order valence-corrected chi connectivity index (χ0v) is 7.27. The molecule has 2 rings (SSSR count). The average Bonchev–Trinajstić information content (AvgIpc) is 2.19. The van der Waals surface area contributed by atoms with Gasteiger partial charge in [0.05, 0.1) is 0 Å². The van der Waals surface area contributed by atoms with Crippen LogP contribution in [0.3, 0.4) is 0 Å². The zero-order valence-electron chi connectivity index (χ0n) is 7.27. The molecule has 0 aliphatic heterocycles. The van der Waals surface area contributed by atoms with Gasteiger partial charge in [0, 0.05) is 24.4 Å². The van der Waals surface area contributed by atoms with Crippen molar-refractivity contribution in [3.05, 3.63) is 54.5 Å². The third kappa shape index (κ3) is 2.07. The molecular weight excluding hydrogens is 181 g/mol. The Hall–Kier alpha value is -1.90. The van der Waals surface area contributed by atoms with E-state index < -0.39 is 0 Å². The van der Waals surface area contributed by atoms with E-state index in [9.17, 15) is 4.39 Å². The maximum absolute atomic E-state index is 12.8. The highest BCUT2D eigenvalue weighted by Crippen LogP contribution is 2.18. The maximum Gasteiger partial charge on any atom is 0.219 e. The van der Waals surface area contributed by atoms with E-state index in [1.165, 1.54) is 18.3 Å². The van der Waals surface area contributed by atoms with Gasteiger partial charge in [0.2, 0.25) is 5.88 Å². The Balaban J connectivity index is 2.19. The van der Waals surface area contributed by atoms with Gasteiger partial charge in [-0.05, 0) is 18.2 Å².